The number of thiophene rings is 1. The lowest BCUT2D eigenvalue weighted by Gasteiger charge is -2.26. The molecule has 0 aromatic carbocycles. The van der Waals surface area contributed by atoms with Crippen molar-refractivity contribution in [2.75, 3.05) is 19.7 Å². The van der Waals surface area contributed by atoms with E-state index < -0.39 is 12.0 Å². The molecule has 23 heavy (non-hydrogen) atoms. The van der Waals surface area contributed by atoms with Crippen molar-refractivity contribution in [1.82, 2.24) is 10.2 Å². The van der Waals surface area contributed by atoms with Crippen LogP contribution in [-0.4, -0.2) is 48.4 Å². The Morgan fingerprint density at radius 2 is 2.00 bits per heavy atom. The van der Waals surface area contributed by atoms with Gasteiger partial charge in [-0.3, -0.25) is 14.4 Å². The number of nitrogens with zero attached hydrogens (tertiary/aromatic N) is 1. The number of rotatable bonds is 8. The largest absolute Gasteiger partial charge is 0.465 e. The van der Waals surface area contributed by atoms with Gasteiger partial charge in [0.15, 0.2) is 0 Å². The lowest BCUT2D eigenvalue weighted by atomic mass is 10.2. The molecule has 0 aliphatic rings. The topological polar surface area (TPSA) is 75.7 Å². The fraction of sp³-hybridized carbons (Fsp3) is 0.562. The lowest BCUT2D eigenvalue weighted by molar-refractivity contribution is -0.149. The molecule has 0 saturated heterocycles. The Morgan fingerprint density at radius 1 is 1.30 bits per heavy atom. The Kier molecular flexibility index (Phi) is 7.74. The first-order chi connectivity index (χ1) is 10.8. The van der Waals surface area contributed by atoms with E-state index in [9.17, 15) is 14.4 Å². The van der Waals surface area contributed by atoms with Gasteiger partial charge in [0.2, 0.25) is 5.91 Å². The SMILES string of the molecule is CCOC(=O)CN(CC(C)C)C(=O)[C@H](C)NC(=O)c1cccs1. The zero-order valence-electron chi connectivity index (χ0n) is 14.0. The molecule has 1 rings (SSSR count). The van der Waals surface area contributed by atoms with Gasteiger partial charge in [-0.25, -0.2) is 0 Å². The average molecular weight is 340 g/mol. The van der Waals surface area contributed by atoms with Gasteiger partial charge < -0.3 is 15.0 Å². The molecule has 0 unspecified atom stereocenters. The van der Waals surface area contributed by atoms with Crippen LogP contribution in [0.1, 0.15) is 37.4 Å². The predicted octanol–water partition coefficient (Wildman–Crippen LogP) is 1.91. The molecule has 0 saturated carbocycles. The summed E-state index contributed by atoms with van der Waals surface area (Å²) < 4.78 is 4.91. The third-order valence-corrected chi connectivity index (χ3v) is 3.85. The van der Waals surface area contributed by atoms with E-state index in [0.29, 0.717) is 11.4 Å². The Hall–Kier alpha value is -1.89. The van der Waals surface area contributed by atoms with E-state index in [1.54, 1.807) is 31.4 Å². The van der Waals surface area contributed by atoms with Gasteiger partial charge in [-0.2, -0.15) is 0 Å². The van der Waals surface area contributed by atoms with Crippen molar-refractivity contribution in [3.63, 3.8) is 0 Å². The number of ether oxygens (including phenoxy) is 1. The molecule has 128 valence electrons. The summed E-state index contributed by atoms with van der Waals surface area (Å²) in [6.45, 7) is 7.84. The highest BCUT2D eigenvalue weighted by Gasteiger charge is 2.25. The number of carbonyl (C=O) groups is 3. The van der Waals surface area contributed by atoms with Gasteiger partial charge in [0, 0.05) is 6.54 Å². The molecule has 0 aliphatic carbocycles. The molecule has 0 spiro atoms. The molecule has 2 amide bonds. The summed E-state index contributed by atoms with van der Waals surface area (Å²) in [4.78, 5) is 38.2. The Balaban J connectivity index is 2.70. The van der Waals surface area contributed by atoms with Crippen LogP contribution in [0.15, 0.2) is 17.5 Å². The molecule has 1 N–H and O–H groups in total. The monoisotopic (exact) mass is 340 g/mol. The van der Waals surface area contributed by atoms with Crippen LogP contribution in [0.4, 0.5) is 0 Å². The van der Waals surface area contributed by atoms with Gasteiger partial charge in [0.1, 0.15) is 12.6 Å². The smallest absolute Gasteiger partial charge is 0.325 e. The number of carbonyl (C=O) groups excluding carboxylic acids is 3. The van der Waals surface area contributed by atoms with Crippen molar-refractivity contribution in [2.45, 2.75) is 33.7 Å². The molecular formula is C16H24N2O4S. The number of amides is 2. The van der Waals surface area contributed by atoms with E-state index in [0.717, 1.165) is 0 Å². The second kappa shape index (κ2) is 9.29. The number of hydrogen-bond acceptors (Lipinski definition) is 5. The minimum Gasteiger partial charge on any atom is -0.465 e. The number of nitrogens with one attached hydrogen (secondary N) is 1. The van der Waals surface area contributed by atoms with Crippen LogP contribution in [0.5, 0.6) is 0 Å². The molecule has 0 radical (unpaired) electrons. The third-order valence-electron chi connectivity index (χ3n) is 2.99. The number of hydrogen-bond donors (Lipinski definition) is 1. The molecule has 1 aromatic rings. The molecule has 1 atom stereocenters. The first kappa shape index (κ1) is 19.2. The maximum atomic E-state index is 12.5. The minimum atomic E-state index is -0.710. The predicted molar refractivity (Wildman–Crippen MR) is 89.3 cm³/mol. The van der Waals surface area contributed by atoms with Crippen LogP contribution >= 0.6 is 11.3 Å². The zero-order valence-corrected chi connectivity index (χ0v) is 14.8. The highest BCUT2D eigenvalue weighted by Crippen LogP contribution is 2.09. The lowest BCUT2D eigenvalue weighted by Crippen LogP contribution is -2.49. The minimum absolute atomic E-state index is 0.107. The van der Waals surface area contributed by atoms with Crippen LogP contribution < -0.4 is 5.32 Å². The van der Waals surface area contributed by atoms with Crippen LogP contribution in [0.2, 0.25) is 0 Å². The first-order valence-electron chi connectivity index (χ1n) is 7.63. The average Bonchev–Trinajstić information content (AvgIpc) is 2.99. The van der Waals surface area contributed by atoms with E-state index in [-0.39, 0.29) is 30.9 Å². The molecule has 0 fully saturated rings. The fourth-order valence-electron chi connectivity index (χ4n) is 2.05. The van der Waals surface area contributed by atoms with Crippen molar-refractivity contribution in [3.05, 3.63) is 22.4 Å². The van der Waals surface area contributed by atoms with Crippen LogP contribution in [0.25, 0.3) is 0 Å². The van der Waals surface area contributed by atoms with E-state index in [4.69, 9.17) is 4.74 Å². The van der Waals surface area contributed by atoms with Crippen molar-refractivity contribution in [3.8, 4) is 0 Å². The van der Waals surface area contributed by atoms with Crippen molar-refractivity contribution >= 4 is 29.1 Å². The summed E-state index contributed by atoms with van der Waals surface area (Å²) in [5.41, 5.74) is 0. The highest BCUT2D eigenvalue weighted by atomic mass is 32.1. The van der Waals surface area contributed by atoms with Crippen molar-refractivity contribution in [2.24, 2.45) is 5.92 Å². The van der Waals surface area contributed by atoms with Gasteiger partial charge in [0.25, 0.3) is 5.91 Å². The highest BCUT2D eigenvalue weighted by molar-refractivity contribution is 7.12. The molecule has 1 aromatic heterocycles. The van der Waals surface area contributed by atoms with Crippen LogP contribution in [-0.2, 0) is 14.3 Å². The van der Waals surface area contributed by atoms with E-state index in [1.165, 1.54) is 16.2 Å². The zero-order chi connectivity index (χ0) is 17.4. The second-order valence-electron chi connectivity index (χ2n) is 5.59. The van der Waals surface area contributed by atoms with Crippen LogP contribution in [0.3, 0.4) is 0 Å². The van der Waals surface area contributed by atoms with E-state index in [2.05, 4.69) is 5.32 Å². The van der Waals surface area contributed by atoms with Gasteiger partial charge in [-0.15, -0.1) is 11.3 Å². The quantitative estimate of drug-likeness (QED) is 0.734. The standard InChI is InChI=1S/C16H24N2O4S/c1-5-22-14(19)10-18(9-11(2)3)16(21)12(4)17-15(20)13-7-6-8-23-13/h6-8,11-12H,5,9-10H2,1-4H3,(H,17,20)/t12-/m0/s1. The normalized spacial score (nSPS) is 11.9. The molecule has 6 nitrogen and oxygen atoms in total. The number of esters is 1. The third kappa shape index (κ3) is 6.40. The van der Waals surface area contributed by atoms with Crippen molar-refractivity contribution < 1.29 is 19.1 Å². The van der Waals surface area contributed by atoms with Gasteiger partial charge >= 0.3 is 5.97 Å². The molecule has 1 heterocycles. The van der Waals surface area contributed by atoms with Gasteiger partial charge in [-0.05, 0) is 31.2 Å². The maximum absolute atomic E-state index is 12.5. The summed E-state index contributed by atoms with van der Waals surface area (Å²) >= 11 is 1.31. The summed E-state index contributed by atoms with van der Waals surface area (Å²) in [6, 6.07) is 2.76. The fourth-order valence-corrected chi connectivity index (χ4v) is 2.67. The van der Waals surface area contributed by atoms with Crippen molar-refractivity contribution in [1.29, 1.82) is 0 Å². The van der Waals surface area contributed by atoms with Crippen LogP contribution in [0, 0.1) is 5.92 Å². The summed E-state index contributed by atoms with van der Waals surface area (Å²) in [7, 11) is 0. The van der Waals surface area contributed by atoms with Gasteiger partial charge in [-0.1, -0.05) is 19.9 Å². The maximum Gasteiger partial charge on any atom is 0.325 e. The van der Waals surface area contributed by atoms with Gasteiger partial charge in [0.05, 0.1) is 11.5 Å². The molecule has 0 aliphatic heterocycles. The van der Waals surface area contributed by atoms with E-state index in [1.807, 2.05) is 13.8 Å². The Labute approximate surface area is 140 Å². The molecule has 0 bridgehead atoms. The molecule has 7 heteroatoms. The second-order valence-corrected chi connectivity index (χ2v) is 6.54. The Bertz CT molecular complexity index is 528. The summed E-state index contributed by atoms with van der Waals surface area (Å²) in [5.74, 6) is -0.829. The summed E-state index contributed by atoms with van der Waals surface area (Å²) in [6.07, 6.45) is 0. The first-order valence-corrected chi connectivity index (χ1v) is 8.51. The van der Waals surface area contributed by atoms with E-state index >= 15 is 0 Å². The molecular weight excluding hydrogens is 316 g/mol. The summed E-state index contributed by atoms with van der Waals surface area (Å²) in [5, 5.41) is 4.47. The Morgan fingerprint density at radius 3 is 2.52 bits per heavy atom.